The minimum atomic E-state index is 1.07. The second kappa shape index (κ2) is 5.85. The van der Waals surface area contributed by atoms with E-state index in [2.05, 4.69) is 41.5 Å². The van der Waals surface area contributed by atoms with Crippen LogP contribution >= 0.6 is 11.3 Å². The average Bonchev–Trinajstić information content (AvgIpc) is 2.71. The number of H-pyrrole nitrogens is 1. The number of unbranched alkanes of at least 4 members (excludes halogenated alkanes) is 3. The number of thiazole rings is 1. The van der Waals surface area contributed by atoms with E-state index in [0.717, 1.165) is 6.54 Å². The van der Waals surface area contributed by atoms with Gasteiger partial charge in [-0.05, 0) is 36.3 Å². The van der Waals surface area contributed by atoms with E-state index in [4.69, 9.17) is 0 Å². The van der Waals surface area contributed by atoms with Crippen LogP contribution in [0.4, 0.5) is 5.13 Å². The van der Waals surface area contributed by atoms with Crippen molar-refractivity contribution in [3.05, 3.63) is 24.3 Å². The van der Waals surface area contributed by atoms with Crippen LogP contribution in [0.2, 0.25) is 0 Å². The molecule has 2 nitrogen and oxygen atoms in total. The van der Waals surface area contributed by atoms with Gasteiger partial charge in [-0.15, -0.1) is 0 Å². The number of nitrogens with one attached hydrogen (secondary N) is 2. The molecule has 0 bridgehead atoms. The molecule has 2 aromatic rings. The van der Waals surface area contributed by atoms with E-state index in [9.17, 15) is 0 Å². The number of hydrogen-bond donors (Lipinski definition) is 1. The lowest BCUT2D eigenvalue weighted by Crippen LogP contribution is -2.09. The maximum atomic E-state index is 3.46. The highest BCUT2D eigenvalue weighted by molar-refractivity contribution is 7.21. The smallest absolute Gasteiger partial charge is 0.265 e. The van der Waals surface area contributed by atoms with Gasteiger partial charge in [0, 0.05) is 0 Å². The van der Waals surface area contributed by atoms with Crippen molar-refractivity contribution in [3.63, 3.8) is 0 Å². The summed E-state index contributed by atoms with van der Waals surface area (Å²) in [6.07, 6.45) is 5.23. The minimum Gasteiger partial charge on any atom is -0.265 e. The van der Waals surface area contributed by atoms with Crippen LogP contribution in [-0.4, -0.2) is 6.54 Å². The molecule has 3 heteroatoms. The SMILES string of the molecule is CCCCCCNc1[nH+]c2ccccc2s1. The van der Waals surface area contributed by atoms with Gasteiger partial charge >= 0.3 is 5.13 Å². The average molecular weight is 235 g/mol. The van der Waals surface area contributed by atoms with Gasteiger partial charge in [0.15, 0.2) is 0 Å². The fraction of sp³-hybridized carbons (Fsp3) is 0.462. The fourth-order valence-electron chi connectivity index (χ4n) is 1.75. The Kier molecular flexibility index (Phi) is 4.17. The first-order valence-electron chi connectivity index (χ1n) is 6.05. The molecule has 0 aliphatic rings. The van der Waals surface area contributed by atoms with Crippen LogP contribution in [0.5, 0.6) is 0 Å². The Balaban J connectivity index is 1.85. The monoisotopic (exact) mass is 235 g/mol. The molecule has 86 valence electrons. The van der Waals surface area contributed by atoms with Crippen molar-refractivity contribution in [1.29, 1.82) is 0 Å². The molecule has 2 rings (SSSR count). The molecule has 0 aliphatic heterocycles. The molecule has 2 N–H and O–H groups in total. The van der Waals surface area contributed by atoms with Gasteiger partial charge in [0.2, 0.25) is 0 Å². The van der Waals surface area contributed by atoms with Crippen molar-refractivity contribution in [2.75, 3.05) is 11.9 Å². The summed E-state index contributed by atoms with van der Waals surface area (Å²) in [6.45, 7) is 3.32. The van der Waals surface area contributed by atoms with Crippen LogP contribution < -0.4 is 10.3 Å². The zero-order chi connectivity index (χ0) is 11.2. The zero-order valence-corrected chi connectivity index (χ0v) is 10.6. The summed E-state index contributed by atoms with van der Waals surface area (Å²) in [5.74, 6) is 0. The number of para-hydroxylation sites is 1. The lowest BCUT2D eigenvalue weighted by molar-refractivity contribution is -0.321. The van der Waals surface area contributed by atoms with Crippen LogP contribution in [0, 0.1) is 0 Å². The predicted molar refractivity (Wildman–Crippen MR) is 71.0 cm³/mol. The number of benzene rings is 1. The van der Waals surface area contributed by atoms with Gasteiger partial charge in [-0.3, -0.25) is 5.32 Å². The van der Waals surface area contributed by atoms with Crippen molar-refractivity contribution in [3.8, 4) is 0 Å². The number of fused-ring (bicyclic) bond motifs is 1. The number of hydrogen-bond acceptors (Lipinski definition) is 2. The predicted octanol–water partition coefficient (Wildman–Crippen LogP) is 3.71. The minimum absolute atomic E-state index is 1.07. The number of rotatable bonds is 6. The largest absolute Gasteiger partial charge is 0.332 e. The maximum Gasteiger partial charge on any atom is 0.332 e. The van der Waals surface area contributed by atoms with Gasteiger partial charge in [-0.25, -0.2) is 4.98 Å². The summed E-state index contributed by atoms with van der Waals surface area (Å²) in [7, 11) is 0. The fourth-order valence-corrected chi connectivity index (χ4v) is 2.68. The van der Waals surface area contributed by atoms with Gasteiger partial charge < -0.3 is 0 Å². The highest BCUT2D eigenvalue weighted by atomic mass is 32.1. The lowest BCUT2D eigenvalue weighted by Gasteiger charge is -1.95. The van der Waals surface area contributed by atoms with E-state index >= 15 is 0 Å². The molecule has 1 aromatic heterocycles. The van der Waals surface area contributed by atoms with Gasteiger partial charge in [0.05, 0.1) is 11.2 Å². The molecule has 16 heavy (non-hydrogen) atoms. The van der Waals surface area contributed by atoms with Gasteiger partial charge in [0.1, 0.15) is 5.52 Å². The van der Waals surface area contributed by atoms with Crippen LogP contribution in [0.15, 0.2) is 24.3 Å². The Morgan fingerprint density at radius 2 is 2.06 bits per heavy atom. The molecule has 0 radical (unpaired) electrons. The topological polar surface area (TPSA) is 26.2 Å². The van der Waals surface area contributed by atoms with Gasteiger partial charge in [0.25, 0.3) is 0 Å². The van der Waals surface area contributed by atoms with Crippen LogP contribution in [0.3, 0.4) is 0 Å². The first-order chi connectivity index (χ1) is 7.90. The molecule has 0 spiro atoms. The Labute approximate surface area is 101 Å². The summed E-state index contributed by atoms with van der Waals surface area (Å²) in [6, 6.07) is 8.42. The van der Waals surface area contributed by atoms with Crippen molar-refractivity contribution in [2.45, 2.75) is 32.6 Å². The van der Waals surface area contributed by atoms with E-state index in [1.54, 1.807) is 11.3 Å². The molecule has 0 aliphatic carbocycles. The lowest BCUT2D eigenvalue weighted by atomic mass is 10.2. The Morgan fingerprint density at radius 3 is 2.88 bits per heavy atom. The molecule has 0 unspecified atom stereocenters. The van der Waals surface area contributed by atoms with E-state index in [1.165, 1.54) is 41.0 Å². The number of anilines is 1. The van der Waals surface area contributed by atoms with Crippen molar-refractivity contribution in [1.82, 2.24) is 0 Å². The molecule has 1 aromatic carbocycles. The first-order valence-corrected chi connectivity index (χ1v) is 6.86. The molecular formula is C13H19N2S+. The molecule has 1 heterocycles. The normalized spacial score (nSPS) is 10.8. The van der Waals surface area contributed by atoms with Crippen molar-refractivity contribution < 1.29 is 4.98 Å². The summed E-state index contributed by atoms with van der Waals surface area (Å²) >= 11 is 1.79. The van der Waals surface area contributed by atoms with E-state index in [0.29, 0.717) is 0 Å². The third-order valence-corrected chi connectivity index (χ3v) is 3.69. The van der Waals surface area contributed by atoms with Crippen LogP contribution in [0.1, 0.15) is 32.6 Å². The van der Waals surface area contributed by atoms with E-state index in [-0.39, 0.29) is 0 Å². The van der Waals surface area contributed by atoms with E-state index < -0.39 is 0 Å². The zero-order valence-electron chi connectivity index (χ0n) is 9.75. The highest BCUT2D eigenvalue weighted by Crippen LogP contribution is 2.21. The molecule has 0 saturated heterocycles. The van der Waals surface area contributed by atoms with E-state index in [1.807, 2.05) is 0 Å². The Hall–Kier alpha value is -1.09. The molecule has 0 saturated carbocycles. The van der Waals surface area contributed by atoms with Crippen LogP contribution in [-0.2, 0) is 0 Å². The molecular weight excluding hydrogens is 216 g/mol. The third-order valence-electron chi connectivity index (χ3n) is 2.66. The molecule has 0 amide bonds. The maximum absolute atomic E-state index is 3.46. The standard InChI is InChI=1S/C13H18N2S/c1-2-3-4-7-10-14-13-15-11-8-5-6-9-12(11)16-13/h5-6,8-9H,2-4,7,10H2,1H3,(H,14,15)/p+1. The summed E-state index contributed by atoms with van der Waals surface area (Å²) in [5, 5.41) is 4.63. The second-order valence-corrected chi connectivity index (χ2v) is 5.09. The Bertz CT molecular complexity index is 403. The number of aromatic amines is 1. The number of aromatic nitrogens is 1. The van der Waals surface area contributed by atoms with Gasteiger partial charge in [-0.1, -0.05) is 31.9 Å². The quantitative estimate of drug-likeness (QED) is 0.759. The summed E-state index contributed by atoms with van der Waals surface area (Å²) in [5.41, 5.74) is 1.23. The third kappa shape index (κ3) is 2.95. The first kappa shape index (κ1) is 11.4. The molecule has 0 fully saturated rings. The Morgan fingerprint density at radius 1 is 1.19 bits per heavy atom. The summed E-state index contributed by atoms with van der Waals surface area (Å²) < 4.78 is 1.32. The van der Waals surface area contributed by atoms with Crippen LogP contribution in [0.25, 0.3) is 10.2 Å². The van der Waals surface area contributed by atoms with Crippen molar-refractivity contribution in [2.24, 2.45) is 0 Å². The highest BCUT2D eigenvalue weighted by Gasteiger charge is 2.07. The summed E-state index contributed by atoms with van der Waals surface area (Å²) in [4.78, 5) is 3.39. The molecule has 0 atom stereocenters. The van der Waals surface area contributed by atoms with Gasteiger partial charge in [-0.2, -0.15) is 0 Å². The van der Waals surface area contributed by atoms with Crippen molar-refractivity contribution >= 4 is 26.7 Å². The second-order valence-electron chi connectivity index (χ2n) is 4.04.